The Labute approximate surface area is 132 Å². The Balaban J connectivity index is 2.20. The van der Waals surface area contributed by atoms with Gasteiger partial charge in [0.2, 0.25) is 0 Å². The maximum atomic E-state index is 12.1. The van der Waals surface area contributed by atoms with E-state index in [2.05, 4.69) is 15.9 Å². The van der Waals surface area contributed by atoms with Gasteiger partial charge in [0.15, 0.2) is 0 Å². The molecule has 6 heteroatoms. The molecule has 0 atom stereocenters. The molecule has 0 aliphatic carbocycles. The lowest BCUT2D eigenvalue weighted by Gasteiger charge is -2.24. The van der Waals surface area contributed by atoms with Gasteiger partial charge in [-0.25, -0.2) is 9.59 Å². The minimum atomic E-state index is -0.524. The van der Waals surface area contributed by atoms with Crippen LogP contribution in [0.2, 0.25) is 0 Å². The van der Waals surface area contributed by atoms with E-state index in [0.717, 1.165) is 11.1 Å². The molecule has 0 unspecified atom stereocenters. The minimum Gasteiger partial charge on any atom is -0.465 e. The number of methoxy groups -OCH3 is 1. The molecule has 1 aromatic rings. The van der Waals surface area contributed by atoms with Crippen LogP contribution >= 0.6 is 15.9 Å². The molecule has 1 amide bonds. The molecule has 0 aromatic heterocycles. The average molecular weight is 356 g/mol. The Morgan fingerprint density at radius 2 is 1.76 bits per heavy atom. The normalized spacial score (nSPS) is 13.9. The Morgan fingerprint density at radius 3 is 2.29 bits per heavy atom. The third-order valence-electron chi connectivity index (χ3n) is 3.07. The van der Waals surface area contributed by atoms with Gasteiger partial charge in [0.05, 0.1) is 12.7 Å². The van der Waals surface area contributed by atoms with Gasteiger partial charge in [0, 0.05) is 17.6 Å². The molecule has 0 bridgehead atoms. The molecule has 1 heterocycles. The summed E-state index contributed by atoms with van der Waals surface area (Å²) in [7, 11) is 1.34. The second kappa shape index (κ2) is 5.67. The fraction of sp³-hybridized carbons (Fsp3) is 0.467. The fourth-order valence-electron chi connectivity index (χ4n) is 2.14. The van der Waals surface area contributed by atoms with E-state index in [1.54, 1.807) is 11.0 Å². The summed E-state index contributed by atoms with van der Waals surface area (Å²) in [6.07, 6.45) is -0.352. The van der Waals surface area contributed by atoms with E-state index >= 15 is 0 Å². The van der Waals surface area contributed by atoms with Crippen molar-refractivity contribution in [3.05, 3.63) is 33.3 Å². The van der Waals surface area contributed by atoms with Gasteiger partial charge < -0.3 is 9.47 Å². The first-order valence-electron chi connectivity index (χ1n) is 6.59. The van der Waals surface area contributed by atoms with Crippen LogP contribution in [0.3, 0.4) is 0 Å². The van der Waals surface area contributed by atoms with Gasteiger partial charge in [0.1, 0.15) is 5.60 Å². The molecule has 0 fully saturated rings. The Kier molecular flexibility index (Phi) is 4.27. The monoisotopic (exact) mass is 355 g/mol. The summed E-state index contributed by atoms with van der Waals surface area (Å²) in [6.45, 7) is 6.41. The molecular weight excluding hydrogens is 338 g/mol. The van der Waals surface area contributed by atoms with Crippen LogP contribution in [0.4, 0.5) is 4.79 Å². The van der Waals surface area contributed by atoms with Crippen LogP contribution in [0.5, 0.6) is 0 Å². The summed E-state index contributed by atoms with van der Waals surface area (Å²) in [5, 5.41) is 0. The lowest BCUT2D eigenvalue weighted by molar-refractivity contribution is 0.0241. The topological polar surface area (TPSA) is 55.8 Å². The predicted molar refractivity (Wildman–Crippen MR) is 81.0 cm³/mol. The highest BCUT2D eigenvalue weighted by Crippen LogP contribution is 2.30. The van der Waals surface area contributed by atoms with Gasteiger partial charge in [-0.1, -0.05) is 0 Å². The number of esters is 1. The molecule has 1 aliphatic heterocycles. The molecule has 1 aromatic carbocycles. The number of fused-ring (bicyclic) bond motifs is 1. The van der Waals surface area contributed by atoms with Gasteiger partial charge in [-0.15, -0.1) is 0 Å². The maximum absolute atomic E-state index is 12.1. The highest BCUT2D eigenvalue weighted by molar-refractivity contribution is 9.10. The van der Waals surface area contributed by atoms with E-state index in [1.807, 2.05) is 26.8 Å². The summed E-state index contributed by atoms with van der Waals surface area (Å²) in [5.41, 5.74) is 1.87. The third kappa shape index (κ3) is 3.56. The second-order valence-electron chi connectivity index (χ2n) is 5.93. The van der Waals surface area contributed by atoms with E-state index in [0.29, 0.717) is 23.1 Å². The molecule has 2 rings (SSSR count). The summed E-state index contributed by atoms with van der Waals surface area (Å²) in [5.74, 6) is -0.402. The molecule has 114 valence electrons. The molecule has 0 N–H and O–H groups in total. The molecule has 5 nitrogen and oxygen atoms in total. The zero-order valence-electron chi connectivity index (χ0n) is 12.5. The van der Waals surface area contributed by atoms with Gasteiger partial charge in [-0.3, -0.25) is 4.90 Å². The second-order valence-corrected chi connectivity index (χ2v) is 6.78. The van der Waals surface area contributed by atoms with E-state index in [-0.39, 0.29) is 6.09 Å². The Morgan fingerprint density at radius 1 is 1.19 bits per heavy atom. The van der Waals surface area contributed by atoms with Crippen molar-refractivity contribution in [2.24, 2.45) is 0 Å². The molecule has 21 heavy (non-hydrogen) atoms. The number of rotatable bonds is 1. The first-order valence-corrected chi connectivity index (χ1v) is 7.38. The molecule has 0 saturated heterocycles. The number of hydrogen-bond donors (Lipinski definition) is 0. The number of halogens is 1. The first-order chi connectivity index (χ1) is 9.71. The highest BCUT2D eigenvalue weighted by atomic mass is 79.9. The van der Waals surface area contributed by atoms with Gasteiger partial charge in [-0.05, 0) is 60.0 Å². The highest BCUT2D eigenvalue weighted by Gasteiger charge is 2.29. The summed E-state index contributed by atoms with van der Waals surface area (Å²) < 4.78 is 10.8. The number of ether oxygens (including phenoxy) is 2. The molecule has 0 spiro atoms. The Bertz CT molecular complexity index is 592. The first kappa shape index (κ1) is 15.8. The number of nitrogens with zero attached hydrogens (tertiary/aromatic N) is 1. The van der Waals surface area contributed by atoms with Crippen LogP contribution in [0.1, 0.15) is 42.3 Å². The van der Waals surface area contributed by atoms with Crippen molar-refractivity contribution in [3.8, 4) is 0 Å². The third-order valence-corrected chi connectivity index (χ3v) is 3.72. The van der Waals surface area contributed by atoms with Crippen LogP contribution in [0.25, 0.3) is 0 Å². The average Bonchev–Trinajstić information content (AvgIpc) is 2.77. The largest absolute Gasteiger partial charge is 0.465 e. The van der Waals surface area contributed by atoms with E-state index < -0.39 is 11.6 Å². The minimum absolute atomic E-state index is 0.352. The summed E-state index contributed by atoms with van der Waals surface area (Å²) in [6, 6.07) is 3.61. The number of hydrogen-bond acceptors (Lipinski definition) is 4. The van der Waals surface area contributed by atoms with Gasteiger partial charge >= 0.3 is 12.1 Å². The van der Waals surface area contributed by atoms with Crippen LogP contribution in [0.15, 0.2) is 16.6 Å². The standard InChI is InChI=1S/C15H18BrNO4/c1-15(2,3)21-14(19)17-7-9-5-11(13(18)20-4)12(16)6-10(9)8-17/h5-6H,7-8H2,1-4H3. The quantitative estimate of drug-likeness (QED) is 0.723. The molecule has 0 radical (unpaired) electrons. The fourth-order valence-corrected chi connectivity index (χ4v) is 2.70. The van der Waals surface area contributed by atoms with Crippen LogP contribution < -0.4 is 0 Å². The number of amides is 1. The van der Waals surface area contributed by atoms with Crippen molar-refractivity contribution < 1.29 is 19.1 Å². The van der Waals surface area contributed by atoms with Crippen LogP contribution in [0, 0.1) is 0 Å². The van der Waals surface area contributed by atoms with E-state index in [4.69, 9.17) is 9.47 Å². The molecular formula is C15H18BrNO4. The lowest BCUT2D eigenvalue weighted by Crippen LogP contribution is -2.33. The van der Waals surface area contributed by atoms with Gasteiger partial charge in [-0.2, -0.15) is 0 Å². The van der Waals surface area contributed by atoms with Crippen molar-refractivity contribution in [1.82, 2.24) is 4.90 Å². The summed E-state index contributed by atoms with van der Waals surface area (Å²) >= 11 is 3.36. The van der Waals surface area contributed by atoms with E-state index in [1.165, 1.54) is 7.11 Å². The van der Waals surface area contributed by atoms with Crippen molar-refractivity contribution in [1.29, 1.82) is 0 Å². The van der Waals surface area contributed by atoms with E-state index in [9.17, 15) is 9.59 Å². The van der Waals surface area contributed by atoms with Crippen molar-refractivity contribution >= 4 is 28.0 Å². The van der Waals surface area contributed by atoms with Gasteiger partial charge in [0.25, 0.3) is 0 Å². The van der Waals surface area contributed by atoms with Crippen molar-refractivity contribution in [2.45, 2.75) is 39.5 Å². The zero-order valence-corrected chi connectivity index (χ0v) is 14.1. The Hall–Kier alpha value is -1.56. The predicted octanol–water partition coefficient (Wildman–Crippen LogP) is 3.49. The smallest absolute Gasteiger partial charge is 0.410 e. The molecule has 0 saturated carbocycles. The van der Waals surface area contributed by atoms with Crippen molar-refractivity contribution in [2.75, 3.05) is 7.11 Å². The number of carbonyl (C=O) groups is 2. The number of carbonyl (C=O) groups excluding carboxylic acids is 2. The SMILES string of the molecule is COC(=O)c1cc2c(cc1Br)CN(C(=O)OC(C)(C)C)C2. The lowest BCUT2D eigenvalue weighted by atomic mass is 10.1. The van der Waals surface area contributed by atoms with Crippen LogP contribution in [-0.4, -0.2) is 29.7 Å². The van der Waals surface area contributed by atoms with Crippen molar-refractivity contribution in [3.63, 3.8) is 0 Å². The zero-order chi connectivity index (χ0) is 15.8. The number of benzene rings is 1. The summed E-state index contributed by atoms with van der Waals surface area (Å²) in [4.78, 5) is 25.4. The maximum Gasteiger partial charge on any atom is 0.410 e. The molecule has 1 aliphatic rings. The van der Waals surface area contributed by atoms with Crippen LogP contribution in [-0.2, 0) is 22.6 Å².